The van der Waals surface area contributed by atoms with Crippen LogP contribution in [-0.2, 0) is 4.74 Å². The third kappa shape index (κ3) is 3.23. The number of ether oxygens (including phenoxy) is 1. The van der Waals surface area contributed by atoms with E-state index in [1.807, 2.05) is 0 Å². The van der Waals surface area contributed by atoms with E-state index in [1.165, 1.54) is 23.9 Å². The number of nitro groups is 1. The normalized spacial score (nSPS) is 30.5. The molecule has 2 rings (SSSR count). The van der Waals surface area contributed by atoms with Gasteiger partial charge < -0.3 is 20.1 Å². The standard InChI is InChI=1S/C11H13NO6S/c13-9-8(18-11(15)10(9)14)5-19-7-3-1-6(2-4-7)12(16)17/h1-4,8-11,13-15H,5H2/t8-,9-,10-,11?/m1/s1. The molecule has 1 aromatic carbocycles. The smallest absolute Gasteiger partial charge is 0.269 e. The lowest BCUT2D eigenvalue weighted by molar-refractivity contribution is -0.384. The van der Waals surface area contributed by atoms with Crippen LogP contribution in [-0.4, -0.2) is 50.6 Å². The molecule has 1 heterocycles. The van der Waals surface area contributed by atoms with Crippen LogP contribution in [0.4, 0.5) is 5.69 Å². The first kappa shape index (κ1) is 14.2. The molecular formula is C11H13NO6S. The van der Waals surface area contributed by atoms with Gasteiger partial charge in [0.1, 0.15) is 12.2 Å². The van der Waals surface area contributed by atoms with Crippen molar-refractivity contribution in [2.75, 3.05) is 5.75 Å². The van der Waals surface area contributed by atoms with Crippen LogP contribution in [0, 0.1) is 10.1 Å². The van der Waals surface area contributed by atoms with Crippen LogP contribution >= 0.6 is 11.8 Å². The lowest BCUT2D eigenvalue weighted by Crippen LogP contribution is -2.33. The predicted molar refractivity (Wildman–Crippen MR) is 66.7 cm³/mol. The molecule has 7 nitrogen and oxygen atoms in total. The zero-order valence-electron chi connectivity index (χ0n) is 9.75. The van der Waals surface area contributed by atoms with Gasteiger partial charge in [-0.3, -0.25) is 10.1 Å². The highest BCUT2D eigenvalue weighted by atomic mass is 32.2. The Morgan fingerprint density at radius 1 is 1.21 bits per heavy atom. The second kappa shape index (κ2) is 5.85. The quantitative estimate of drug-likeness (QED) is 0.409. The monoisotopic (exact) mass is 287 g/mol. The number of nitrogens with zero attached hydrogens (tertiary/aromatic N) is 1. The van der Waals surface area contributed by atoms with Crippen molar-refractivity contribution in [1.82, 2.24) is 0 Å². The first-order chi connectivity index (χ1) is 8.99. The molecule has 0 aromatic heterocycles. The molecule has 0 radical (unpaired) electrons. The van der Waals surface area contributed by atoms with E-state index in [0.29, 0.717) is 5.75 Å². The molecule has 1 fully saturated rings. The molecular weight excluding hydrogens is 274 g/mol. The van der Waals surface area contributed by atoms with Crippen LogP contribution < -0.4 is 0 Å². The summed E-state index contributed by atoms with van der Waals surface area (Å²) in [6.07, 6.45) is -4.49. The number of aliphatic hydroxyl groups is 3. The van der Waals surface area contributed by atoms with E-state index in [0.717, 1.165) is 4.90 Å². The van der Waals surface area contributed by atoms with Gasteiger partial charge in [-0.2, -0.15) is 0 Å². The lowest BCUT2D eigenvalue weighted by Gasteiger charge is -2.13. The van der Waals surface area contributed by atoms with Crippen LogP contribution in [0.2, 0.25) is 0 Å². The number of thioether (sulfide) groups is 1. The van der Waals surface area contributed by atoms with Gasteiger partial charge in [-0.25, -0.2) is 0 Å². The Bertz CT molecular complexity index is 453. The fourth-order valence-corrected chi connectivity index (χ4v) is 2.67. The zero-order chi connectivity index (χ0) is 14.0. The van der Waals surface area contributed by atoms with Crippen LogP contribution in [0.3, 0.4) is 0 Å². The molecule has 19 heavy (non-hydrogen) atoms. The van der Waals surface area contributed by atoms with Crippen molar-refractivity contribution in [3.8, 4) is 0 Å². The summed E-state index contributed by atoms with van der Waals surface area (Å²) in [6.45, 7) is 0. The second-order valence-corrected chi connectivity index (χ2v) is 5.20. The van der Waals surface area contributed by atoms with Gasteiger partial charge in [0.25, 0.3) is 5.69 Å². The molecule has 0 amide bonds. The minimum absolute atomic E-state index is 0.00680. The average Bonchev–Trinajstić information content (AvgIpc) is 2.64. The minimum Gasteiger partial charge on any atom is -0.387 e. The summed E-state index contributed by atoms with van der Waals surface area (Å²) in [4.78, 5) is 10.8. The molecule has 0 aliphatic carbocycles. The van der Waals surface area contributed by atoms with E-state index in [2.05, 4.69) is 0 Å². The Hall–Kier alpha value is -1.19. The summed E-state index contributed by atoms with van der Waals surface area (Å²) < 4.78 is 5.00. The number of nitro benzene ring substituents is 1. The number of aliphatic hydroxyl groups excluding tert-OH is 3. The van der Waals surface area contributed by atoms with Crippen molar-refractivity contribution in [3.05, 3.63) is 34.4 Å². The maximum absolute atomic E-state index is 10.5. The van der Waals surface area contributed by atoms with Gasteiger partial charge in [0.2, 0.25) is 0 Å². The largest absolute Gasteiger partial charge is 0.387 e. The lowest BCUT2D eigenvalue weighted by atomic mass is 10.2. The summed E-state index contributed by atoms with van der Waals surface area (Å²) >= 11 is 1.32. The van der Waals surface area contributed by atoms with E-state index in [1.54, 1.807) is 12.1 Å². The number of rotatable bonds is 4. The topological polar surface area (TPSA) is 113 Å². The molecule has 3 N–H and O–H groups in total. The first-order valence-electron chi connectivity index (χ1n) is 5.56. The van der Waals surface area contributed by atoms with E-state index >= 15 is 0 Å². The first-order valence-corrected chi connectivity index (χ1v) is 6.54. The number of hydrogen-bond donors (Lipinski definition) is 3. The Kier molecular flexibility index (Phi) is 4.38. The third-order valence-corrected chi connectivity index (χ3v) is 3.90. The molecule has 1 aromatic rings. The van der Waals surface area contributed by atoms with Gasteiger partial charge >= 0.3 is 0 Å². The molecule has 1 aliphatic heterocycles. The van der Waals surface area contributed by atoms with E-state index in [9.17, 15) is 25.4 Å². The minimum atomic E-state index is -1.38. The van der Waals surface area contributed by atoms with E-state index in [4.69, 9.17) is 4.74 Å². The van der Waals surface area contributed by atoms with Gasteiger partial charge in [0.05, 0.1) is 11.0 Å². The van der Waals surface area contributed by atoms with E-state index < -0.39 is 29.5 Å². The van der Waals surface area contributed by atoms with Gasteiger partial charge in [-0.15, -0.1) is 11.8 Å². The molecule has 0 bridgehead atoms. The zero-order valence-corrected chi connectivity index (χ0v) is 10.6. The Morgan fingerprint density at radius 3 is 2.32 bits per heavy atom. The predicted octanol–water partition coefficient (Wildman–Crippen LogP) is 0.126. The number of hydrogen-bond acceptors (Lipinski definition) is 7. The van der Waals surface area contributed by atoms with Crippen molar-refractivity contribution in [1.29, 1.82) is 0 Å². The SMILES string of the molecule is O=[N+]([O-])c1ccc(SC[C@H]2OC(O)[C@H](O)[C@@H]2O)cc1. The Balaban J connectivity index is 1.91. The summed E-state index contributed by atoms with van der Waals surface area (Å²) in [5.41, 5.74) is 0.00680. The number of non-ortho nitro benzene ring substituents is 1. The van der Waals surface area contributed by atoms with Crippen molar-refractivity contribution in [2.45, 2.75) is 29.5 Å². The van der Waals surface area contributed by atoms with Gasteiger partial charge in [-0.05, 0) is 12.1 Å². The molecule has 4 atom stereocenters. The van der Waals surface area contributed by atoms with Crippen molar-refractivity contribution in [3.63, 3.8) is 0 Å². The summed E-state index contributed by atoms with van der Waals surface area (Å²) in [6, 6.07) is 5.96. The molecule has 0 saturated carbocycles. The molecule has 1 aliphatic rings. The summed E-state index contributed by atoms with van der Waals surface area (Å²) in [5, 5.41) is 38.6. The molecule has 104 valence electrons. The highest BCUT2D eigenvalue weighted by Crippen LogP contribution is 2.27. The highest BCUT2D eigenvalue weighted by Gasteiger charge is 2.41. The average molecular weight is 287 g/mol. The second-order valence-electron chi connectivity index (χ2n) is 4.11. The summed E-state index contributed by atoms with van der Waals surface area (Å²) in [7, 11) is 0. The van der Waals surface area contributed by atoms with Crippen molar-refractivity contribution < 1.29 is 25.0 Å². The van der Waals surface area contributed by atoms with E-state index in [-0.39, 0.29) is 5.69 Å². The van der Waals surface area contributed by atoms with Gasteiger partial charge in [0.15, 0.2) is 6.29 Å². The fourth-order valence-electron chi connectivity index (χ4n) is 1.71. The fraction of sp³-hybridized carbons (Fsp3) is 0.455. The van der Waals surface area contributed by atoms with Crippen molar-refractivity contribution >= 4 is 17.4 Å². The maximum Gasteiger partial charge on any atom is 0.269 e. The van der Waals surface area contributed by atoms with Crippen LogP contribution in [0.5, 0.6) is 0 Å². The Labute approximate surface area is 113 Å². The number of benzene rings is 1. The highest BCUT2D eigenvalue weighted by molar-refractivity contribution is 7.99. The van der Waals surface area contributed by atoms with Gasteiger partial charge in [-0.1, -0.05) is 0 Å². The van der Waals surface area contributed by atoms with Crippen LogP contribution in [0.15, 0.2) is 29.2 Å². The maximum atomic E-state index is 10.5. The molecule has 1 unspecified atom stereocenters. The third-order valence-electron chi connectivity index (χ3n) is 2.80. The molecule has 0 spiro atoms. The molecule has 1 saturated heterocycles. The van der Waals surface area contributed by atoms with Crippen LogP contribution in [0.1, 0.15) is 0 Å². The molecule has 8 heteroatoms. The van der Waals surface area contributed by atoms with Crippen LogP contribution in [0.25, 0.3) is 0 Å². The van der Waals surface area contributed by atoms with Crippen molar-refractivity contribution in [2.24, 2.45) is 0 Å². The Morgan fingerprint density at radius 2 is 1.84 bits per heavy atom. The summed E-state index contributed by atoms with van der Waals surface area (Å²) in [5.74, 6) is 0.326. The van der Waals surface area contributed by atoms with Gasteiger partial charge in [0, 0.05) is 22.8 Å².